The van der Waals surface area contributed by atoms with Crippen molar-refractivity contribution in [2.24, 2.45) is 0 Å². The van der Waals surface area contributed by atoms with Crippen molar-refractivity contribution < 1.29 is 5.11 Å². The van der Waals surface area contributed by atoms with Gasteiger partial charge >= 0.3 is 0 Å². The topological polar surface area (TPSA) is 38.0 Å². The van der Waals surface area contributed by atoms with Crippen molar-refractivity contribution >= 4 is 34.2 Å². The average Bonchev–Trinajstić information content (AvgIpc) is 3.71. The molecule has 0 spiro atoms. The fraction of sp³-hybridized carbons (Fsp3) is 0.219. The molecule has 1 fully saturated rings. The van der Waals surface area contributed by atoms with Gasteiger partial charge in [-0.3, -0.25) is 0 Å². The number of hydrogen-bond donors (Lipinski definition) is 1. The molecule has 0 amide bonds. The van der Waals surface area contributed by atoms with E-state index in [0.717, 1.165) is 52.0 Å². The number of rotatable bonds is 7. The van der Waals surface area contributed by atoms with E-state index in [2.05, 4.69) is 54.0 Å². The van der Waals surface area contributed by atoms with Crippen LogP contribution in [0.1, 0.15) is 71.8 Å². The fourth-order valence-corrected chi connectivity index (χ4v) is 5.58. The Morgan fingerprint density at radius 1 is 0.757 bits per heavy atom. The Bertz CT molecular complexity index is 1480. The zero-order chi connectivity index (χ0) is 25.5. The van der Waals surface area contributed by atoms with Gasteiger partial charge in [0.25, 0.3) is 0 Å². The van der Waals surface area contributed by atoms with E-state index >= 15 is 0 Å². The zero-order valence-electron chi connectivity index (χ0n) is 20.6. The summed E-state index contributed by atoms with van der Waals surface area (Å²) in [7, 11) is 0. The van der Waals surface area contributed by atoms with E-state index in [-0.39, 0.29) is 12.0 Å². The Balaban J connectivity index is 1.50. The van der Waals surface area contributed by atoms with Crippen molar-refractivity contribution in [2.45, 2.75) is 43.7 Å². The molecule has 0 bridgehead atoms. The SMILES string of the molecule is C[C@H]([C@@H](O)c1ccccc1)n1c(C2CC2)nc2ccc(C(c3ccc(Cl)cc3)c3ccc(Cl)cc3)cc21. The first kappa shape index (κ1) is 24.2. The molecule has 1 N–H and O–H groups in total. The summed E-state index contributed by atoms with van der Waals surface area (Å²) in [6, 6.07) is 32.3. The normalized spacial score (nSPS) is 15.3. The Hall–Kier alpha value is -3.11. The van der Waals surface area contributed by atoms with E-state index in [1.807, 2.05) is 54.6 Å². The maximum atomic E-state index is 11.4. The van der Waals surface area contributed by atoms with Gasteiger partial charge in [0.15, 0.2) is 0 Å². The van der Waals surface area contributed by atoms with Gasteiger partial charge in [0.1, 0.15) is 5.82 Å². The predicted molar refractivity (Wildman–Crippen MR) is 152 cm³/mol. The van der Waals surface area contributed by atoms with Crippen molar-refractivity contribution in [1.29, 1.82) is 0 Å². The highest BCUT2D eigenvalue weighted by molar-refractivity contribution is 6.30. The Morgan fingerprint density at radius 2 is 1.32 bits per heavy atom. The minimum atomic E-state index is -0.636. The molecule has 186 valence electrons. The van der Waals surface area contributed by atoms with Gasteiger partial charge in [-0.1, -0.05) is 83.9 Å². The van der Waals surface area contributed by atoms with Gasteiger partial charge in [-0.15, -0.1) is 0 Å². The summed E-state index contributed by atoms with van der Waals surface area (Å²) in [4.78, 5) is 5.06. The first-order chi connectivity index (χ1) is 18.0. The molecule has 1 aliphatic rings. The molecule has 37 heavy (non-hydrogen) atoms. The van der Waals surface area contributed by atoms with Gasteiger partial charge in [-0.2, -0.15) is 0 Å². The van der Waals surface area contributed by atoms with Crippen LogP contribution in [0.2, 0.25) is 10.0 Å². The summed E-state index contributed by atoms with van der Waals surface area (Å²) < 4.78 is 2.27. The molecule has 6 rings (SSSR count). The Morgan fingerprint density at radius 3 is 1.89 bits per heavy atom. The number of halogens is 2. The standard InChI is InChI=1S/C32H28Cl2N2O/c1-20(31(37)23-5-3-2-4-6-23)36-29-19-25(13-18-28(29)35-32(36)24-7-8-24)30(21-9-14-26(33)15-10-21)22-11-16-27(34)17-12-22/h2-6,9-20,24,30-31,37H,7-8H2,1H3/t20-,31-/m1/s1. The summed E-state index contributed by atoms with van der Waals surface area (Å²) in [5.74, 6) is 1.52. The first-order valence-electron chi connectivity index (χ1n) is 12.8. The molecular formula is C32H28Cl2N2O. The Labute approximate surface area is 227 Å². The van der Waals surface area contributed by atoms with E-state index < -0.39 is 6.10 Å². The molecule has 0 saturated heterocycles. The number of imidazole rings is 1. The van der Waals surface area contributed by atoms with Gasteiger partial charge in [-0.05, 0) is 78.4 Å². The van der Waals surface area contributed by atoms with E-state index in [4.69, 9.17) is 28.2 Å². The number of aromatic nitrogens is 2. The summed E-state index contributed by atoms with van der Waals surface area (Å²) in [6.07, 6.45) is 1.65. The molecule has 0 unspecified atom stereocenters. The van der Waals surface area contributed by atoms with Crippen LogP contribution in [0.4, 0.5) is 0 Å². The first-order valence-corrected chi connectivity index (χ1v) is 13.5. The monoisotopic (exact) mass is 526 g/mol. The largest absolute Gasteiger partial charge is 0.386 e. The van der Waals surface area contributed by atoms with Crippen LogP contribution in [0.15, 0.2) is 97.1 Å². The van der Waals surface area contributed by atoms with Crippen LogP contribution in [0.3, 0.4) is 0 Å². The highest BCUT2D eigenvalue weighted by atomic mass is 35.5. The zero-order valence-corrected chi connectivity index (χ0v) is 22.1. The third-order valence-electron chi connectivity index (χ3n) is 7.43. The number of aliphatic hydroxyl groups is 1. The fourth-order valence-electron chi connectivity index (χ4n) is 5.32. The maximum Gasteiger partial charge on any atom is 0.113 e. The highest BCUT2D eigenvalue weighted by Crippen LogP contribution is 2.44. The molecule has 4 aromatic carbocycles. The van der Waals surface area contributed by atoms with Crippen LogP contribution in [0, 0.1) is 0 Å². The highest BCUT2D eigenvalue weighted by Gasteiger charge is 2.33. The van der Waals surface area contributed by atoms with Crippen molar-refractivity contribution in [3.8, 4) is 0 Å². The van der Waals surface area contributed by atoms with Crippen LogP contribution < -0.4 is 0 Å². The van der Waals surface area contributed by atoms with Crippen LogP contribution in [-0.2, 0) is 0 Å². The number of nitrogens with zero attached hydrogens (tertiary/aromatic N) is 2. The number of aliphatic hydroxyl groups excluding tert-OH is 1. The smallest absolute Gasteiger partial charge is 0.113 e. The molecule has 1 heterocycles. The molecule has 0 radical (unpaired) electrons. The maximum absolute atomic E-state index is 11.4. The van der Waals surface area contributed by atoms with Crippen molar-refractivity contribution in [3.05, 3.63) is 135 Å². The molecule has 1 aliphatic carbocycles. The summed E-state index contributed by atoms with van der Waals surface area (Å²) >= 11 is 12.5. The predicted octanol–water partition coefficient (Wildman–Crippen LogP) is 8.70. The van der Waals surface area contributed by atoms with E-state index in [1.54, 1.807) is 0 Å². The minimum Gasteiger partial charge on any atom is -0.386 e. The number of fused-ring (bicyclic) bond motifs is 1. The molecule has 2 atom stereocenters. The number of benzene rings is 4. The van der Waals surface area contributed by atoms with Crippen LogP contribution in [0.25, 0.3) is 11.0 Å². The lowest BCUT2D eigenvalue weighted by atomic mass is 9.85. The van der Waals surface area contributed by atoms with Gasteiger partial charge in [0.2, 0.25) is 0 Å². The molecule has 3 nitrogen and oxygen atoms in total. The van der Waals surface area contributed by atoms with Crippen molar-refractivity contribution in [2.75, 3.05) is 0 Å². The average molecular weight is 527 g/mol. The molecule has 1 saturated carbocycles. The quantitative estimate of drug-likeness (QED) is 0.215. The summed E-state index contributed by atoms with van der Waals surface area (Å²) in [5, 5.41) is 12.8. The van der Waals surface area contributed by atoms with E-state index in [9.17, 15) is 5.11 Å². The molecule has 1 aromatic heterocycles. The summed E-state index contributed by atoms with van der Waals surface area (Å²) in [6.45, 7) is 2.09. The van der Waals surface area contributed by atoms with Crippen molar-refractivity contribution in [3.63, 3.8) is 0 Å². The summed E-state index contributed by atoms with van der Waals surface area (Å²) in [5.41, 5.74) is 6.38. The second-order valence-corrected chi connectivity index (χ2v) is 10.9. The van der Waals surface area contributed by atoms with Crippen LogP contribution in [0.5, 0.6) is 0 Å². The van der Waals surface area contributed by atoms with Gasteiger partial charge in [0, 0.05) is 21.9 Å². The third-order valence-corrected chi connectivity index (χ3v) is 7.93. The molecular weight excluding hydrogens is 499 g/mol. The van der Waals surface area contributed by atoms with Crippen LogP contribution in [-0.4, -0.2) is 14.7 Å². The lowest BCUT2D eigenvalue weighted by Crippen LogP contribution is -2.17. The van der Waals surface area contributed by atoms with Gasteiger partial charge in [0.05, 0.1) is 23.2 Å². The third kappa shape index (κ3) is 4.80. The molecule has 0 aliphatic heterocycles. The second-order valence-electron chi connectivity index (χ2n) is 9.99. The number of hydrogen-bond acceptors (Lipinski definition) is 2. The van der Waals surface area contributed by atoms with Crippen LogP contribution >= 0.6 is 23.2 Å². The molecule has 5 heteroatoms. The molecule has 5 aromatic rings. The van der Waals surface area contributed by atoms with E-state index in [1.165, 1.54) is 0 Å². The van der Waals surface area contributed by atoms with E-state index in [0.29, 0.717) is 16.0 Å². The lowest BCUT2D eigenvalue weighted by molar-refractivity contribution is 0.122. The van der Waals surface area contributed by atoms with Gasteiger partial charge < -0.3 is 9.67 Å². The minimum absolute atomic E-state index is 0.000936. The Kier molecular flexibility index (Phi) is 6.54. The second kappa shape index (κ2) is 9.98. The van der Waals surface area contributed by atoms with Crippen molar-refractivity contribution in [1.82, 2.24) is 9.55 Å². The lowest BCUT2D eigenvalue weighted by Gasteiger charge is -2.24. The van der Waals surface area contributed by atoms with Gasteiger partial charge in [-0.25, -0.2) is 4.98 Å².